The fourth-order valence-electron chi connectivity index (χ4n) is 0.648. The van der Waals surface area contributed by atoms with E-state index in [1.54, 1.807) is 0 Å². The summed E-state index contributed by atoms with van der Waals surface area (Å²) in [5.41, 5.74) is 1.19. The van der Waals surface area contributed by atoms with E-state index in [2.05, 4.69) is 23.1 Å². The summed E-state index contributed by atoms with van der Waals surface area (Å²) in [5.74, 6) is 2.41. The maximum Gasteiger partial charge on any atom is 0.0180 e. The van der Waals surface area contributed by atoms with Crippen molar-refractivity contribution < 1.29 is 0 Å². The molecule has 0 amide bonds. The van der Waals surface area contributed by atoms with Crippen molar-refractivity contribution in [2.45, 2.75) is 13.8 Å². The minimum Gasteiger partial charge on any atom is -0.309 e. The first kappa shape index (κ1) is 9.58. The number of rotatable bonds is 3. The van der Waals surface area contributed by atoms with E-state index in [-0.39, 0.29) is 0 Å². The molecule has 1 unspecified atom stereocenters. The van der Waals surface area contributed by atoms with Crippen LogP contribution in [0.4, 0.5) is 0 Å². The second-order valence-corrected chi connectivity index (χ2v) is 2.73. The predicted molar refractivity (Wildman–Crippen MR) is 50.6 cm³/mol. The highest BCUT2D eigenvalue weighted by atomic mass is 31.0. The van der Waals surface area contributed by atoms with Gasteiger partial charge in [-0.1, -0.05) is 25.7 Å². The maximum absolute atomic E-state index is 6.86. The monoisotopic (exact) mass is 155 g/mol. The summed E-state index contributed by atoms with van der Waals surface area (Å²) in [6.07, 6.45) is 5.13. The molecule has 0 aromatic rings. The van der Waals surface area contributed by atoms with E-state index in [0.717, 1.165) is 0 Å². The Balaban J connectivity index is 4.25. The van der Waals surface area contributed by atoms with Crippen LogP contribution in [0.3, 0.4) is 0 Å². The van der Waals surface area contributed by atoms with Crippen LogP contribution in [-0.2, 0) is 0 Å². The van der Waals surface area contributed by atoms with Gasteiger partial charge in [0, 0.05) is 6.21 Å². The predicted octanol–water partition coefficient (Wildman–Crippen LogP) is 2.61. The fraction of sp³-hybridized carbons (Fsp3) is 0.375. The zero-order chi connectivity index (χ0) is 7.98. The van der Waals surface area contributed by atoms with Crippen molar-refractivity contribution in [1.82, 2.24) is 0 Å². The molecule has 0 radical (unpaired) electrons. The Morgan fingerprint density at radius 1 is 1.50 bits per heavy atom. The quantitative estimate of drug-likeness (QED) is 0.368. The van der Waals surface area contributed by atoms with Crippen LogP contribution in [0.15, 0.2) is 23.5 Å². The van der Waals surface area contributed by atoms with Gasteiger partial charge in [0.25, 0.3) is 0 Å². The highest BCUT2D eigenvalue weighted by Crippen LogP contribution is 2.10. The van der Waals surface area contributed by atoms with Gasteiger partial charge >= 0.3 is 0 Å². The molecule has 1 nitrogen and oxygen atoms in total. The Hall–Kier alpha value is -0.420. The number of hydrogen-bond donors (Lipinski definition) is 1. The smallest absolute Gasteiger partial charge is 0.0180 e. The van der Waals surface area contributed by atoms with Crippen LogP contribution in [0.2, 0.25) is 0 Å². The molecule has 0 aliphatic rings. The first-order valence-electron chi connectivity index (χ1n) is 3.31. The third kappa shape index (κ3) is 3.58. The average Bonchev–Trinajstić information content (AvgIpc) is 1.87. The molecule has 0 aromatic carbocycles. The van der Waals surface area contributed by atoms with Crippen molar-refractivity contribution in [2.24, 2.45) is 5.92 Å². The van der Waals surface area contributed by atoms with Gasteiger partial charge < -0.3 is 5.41 Å². The molecule has 0 fully saturated rings. The van der Waals surface area contributed by atoms with Gasteiger partial charge in [0.2, 0.25) is 0 Å². The van der Waals surface area contributed by atoms with Crippen LogP contribution in [-0.4, -0.2) is 6.21 Å². The number of nitrogens with one attached hydrogen (secondary N) is 1. The molecule has 10 heavy (non-hydrogen) atoms. The SMILES string of the molecule is CC(C)C(C=CP)=CC=N. The minimum atomic E-state index is 0.499. The molecule has 56 valence electrons. The third-order valence-electron chi connectivity index (χ3n) is 1.23. The van der Waals surface area contributed by atoms with Gasteiger partial charge in [-0.3, -0.25) is 0 Å². The van der Waals surface area contributed by atoms with Crippen LogP contribution in [0.1, 0.15) is 13.8 Å². The molecule has 0 spiro atoms. The van der Waals surface area contributed by atoms with Gasteiger partial charge in [-0.05, 0) is 17.6 Å². The summed E-state index contributed by atoms with van der Waals surface area (Å²) in [4.78, 5) is 0. The summed E-state index contributed by atoms with van der Waals surface area (Å²) < 4.78 is 0. The zero-order valence-electron chi connectivity index (χ0n) is 6.46. The van der Waals surface area contributed by atoms with Gasteiger partial charge in [-0.25, -0.2) is 0 Å². The van der Waals surface area contributed by atoms with Crippen molar-refractivity contribution in [3.8, 4) is 0 Å². The van der Waals surface area contributed by atoms with Crippen LogP contribution < -0.4 is 0 Å². The van der Waals surface area contributed by atoms with Gasteiger partial charge in [0.15, 0.2) is 0 Å². The fourth-order valence-corrected chi connectivity index (χ4v) is 0.870. The third-order valence-corrected chi connectivity index (χ3v) is 1.42. The lowest BCUT2D eigenvalue weighted by atomic mass is 10.0. The molecular formula is C8H14NP. The Morgan fingerprint density at radius 3 is 2.40 bits per heavy atom. The Labute approximate surface area is 64.9 Å². The molecular weight excluding hydrogens is 141 g/mol. The van der Waals surface area contributed by atoms with E-state index in [0.29, 0.717) is 5.92 Å². The van der Waals surface area contributed by atoms with Gasteiger partial charge in [0.1, 0.15) is 0 Å². The first-order chi connectivity index (χ1) is 4.72. The zero-order valence-corrected chi connectivity index (χ0v) is 7.62. The highest BCUT2D eigenvalue weighted by Gasteiger charge is 1.95. The van der Waals surface area contributed by atoms with Gasteiger partial charge in [-0.15, -0.1) is 9.24 Å². The van der Waals surface area contributed by atoms with E-state index in [9.17, 15) is 0 Å². The van der Waals surface area contributed by atoms with Crippen molar-refractivity contribution in [3.05, 3.63) is 23.5 Å². The molecule has 0 aromatic heterocycles. The van der Waals surface area contributed by atoms with Crippen LogP contribution in [0.5, 0.6) is 0 Å². The van der Waals surface area contributed by atoms with Crippen molar-refractivity contribution >= 4 is 15.5 Å². The molecule has 0 saturated carbocycles. The summed E-state index contributed by atoms with van der Waals surface area (Å²) in [5, 5.41) is 6.86. The standard InChI is InChI=1S/C8H14NP/c1-7(2)8(3-5-9)4-6-10/h3-7,9H,10H2,1-2H3. The van der Waals surface area contributed by atoms with Crippen LogP contribution >= 0.6 is 9.24 Å². The van der Waals surface area contributed by atoms with E-state index < -0.39 is 0 Å². The topological polar surface area (TPSA) is 23.9 Å². The second kappa shape index (κ2) is 5.37. The van der Waals surface area contributed by atoms with E-state index in [1.165, 1.54) is 11.8 Å². The molecule has 1 N–H and O–H groups in total. The molecule has 0 bridgehead atoms. The molecule has 0 rings (SSSR count). The van der Waals surface area contributed by atoms with E-state index in [4.69, 9.17) is 5.41 Å². The lowest BCUT2D eigenvalue weighted by Gasteiger charge is -2.03. The average molecular weight is 155 g/mol. The Morgan fingerprint density at radius 2 is 2.10 bits per heavy atom. The largest absolute Gasteiger partial charge is 0.309 e. The van der Waals surface area contributed by atoms with Crippen molar-refractivity contribution in [3.63, 3.8) is 0 Å². The molecule has 0 heterocycles. The Kier molecular flexibility index (Phi) is 5.15. The summed E-state index contributed by atoms with van der Waals surface area (Å²) >= 11 is 0. The van der Waals surface area contributed by atoms with Gasteiger partial charge in [-0.2, -0.15) is 0 Å². The molecule has 0 saturated heterocycles. The lowest BCUT2D eigenvalue weighted by Crippen LogP contribution is -1.89. The molecule has 0 aliphatic carbocycles. The number of allylic oxidation sites excluding steroid dienone is 3. The second-order valence-electron chi connectivity index (χ2n) is 2.35. The lowest BCUT2D eigenvalue weighted by molar-refractivity contribution is 0.793. The Bertz CT molecular complexity index is 157. The molecule has 2 heteroatoms. The van der Waals surface area contributed by atoms with Crippen LogP contribution in [0, 0.1) is 11.3 Å². The summed E-state index contributed by atoms with van der Waals surface area (Å²) in [6, 6.07) is 0. The van der Waals surface area contributed by atoms with E-state index >= 15 is 0 Å². The molecule has 1 atom stereocenters. The summed E-state index contributed by atoms with van der Waals surface area (Å²) in [6.45, 7) is 4.22. The van der Waals surface area contributed by atoms with E-state index in [1.807, 2.05) is 18.0 Å². The van der Waals surface area contributed by atoms with Gasteiger partial charge in [0.05, 0.1) is 0 Å². The normalized spacial score (nSPS) is 13.0. The number of hydrogen-bond acceptors (Lipinski definition) is 1. The summed E-state index contributed by atoms with van der Waals surface area (Å²) in [7, 11) is 2.52. The highest BCUT2D eigenvalue weighted by molar-refractivity contribution is 7.20. The van der Waals surface area contributed by atoms with Crippen molar-refractivity contribution in [1.29, 1.82) is 5.41 Å². The first-order valence-corrected chi connectivity index (χ1v) is 3.98. The minimum absolute atomic E-state index is 0.499. The molecule has 0 aliphatic heterocycles. The maximum atomic E-state index is 6.86. The van der Waals surface area contributed by atoms with Crippen LogP contribution in [0.25, 0.3) is 0 Å². The van der Waals surface area contributed by atoms with Crippen molar-refractivity contribution in [2.75, 3.05) is 0 Å².